The third-order valence-corrected chi connectivity index (χ3v) is 2.88. The second-order valence-corrected chi connectivity index (χ2v) is 4.37. The molecule has 1 aromatic carbocycles. The predicted molar refractivity (Wildman–Crippen MR) is 69.3 cm³/mol. The summed E-state index contributed by atoms with van der Waals surface area (Å²) in [4.78, 5) is 11.2. The van der Waals surface area contributed by atoms with Crippen LogP contribution in [0.1, 0.15) is 25.3 Å². The van der Waals surface area contributed by atoms with E-state index in [0.29, 0.717) is 30.9 Å². The van der Waals surface area contributed by atoms with Crippen LogP contribution in [0.25, 0.3) is 0 Å². The molecule has 0 saturated heterocycles. The molecule has 2 rings (SSSR count). The zero-order valence-electron chi connectivity index (χ0n) is 10.9. The minimum Gasteiger partial charge on any atom is -0.313 e. The summed E-state index contributed by atoms with van der Waals surface area (Å²) >= 11 is 0. The molecule has 1 aliphatic heterocycles. The number of hydrazone groups is 1. The van der Waals surface area contributed by atoms with E-state index in [1.165, 1.54) is 11.1 Å². The molecular formula is C13H14F3N3O. The van der Waals surface area contributed by atoms with Crippen LogP contribution >= 0.6 is 0 Å². The number of benzene rings is 1. The monoisotopic (exact) mass is 285 g/mol. The van der Waals surface area contributed by atoms with E-state index in [-0.39, 0.29) is 5.91 Å². The fourth-order valence-electron chi connectivity index (χ4n) is 1.82. The third kappa shape index (κ3) is 3.28. The van der Waals surface area contributed by atoms with E-state index in [9.17, 15) is 18.0 Å². The minimum absolute atomic E-state index is 0.158. The lowest BCUT2D eigenvalue weighted by Gasteiger charge is -2.15. The summed E-state index contributed by atoms with van der Waals surface area (Å²) in [5.74, 6) is 0.323. The molecule has 1 amide bonds. The Morgan fingerprint density at radius 2 is 2.20 bits per heavy atom. The van der Waals surface area contributed by atoms with Crippen LogP contribution in [0, 0.1) is 0 Å². The molecule has 20 heavy (non-hydrogen) atoms. The van der Waals surface area contributed by atoms with Crippen molar-refractivity contribution in [1.82, 2.24) is 5.32 Å². The molecule has 7 heteroatoms. The summed E-state index contributed by atoms with van der Waals surface area (Å²) in [6.07, 6.45) is -3.54. The predicted octanol–water partition coefficient (Wildman–Crippen LogP) is 2.76. The van der Waals surface area contributed by atoms with E-state index >= 15 is 0 Å². The van der Waals surface area contributed by atoms with Crippen molar-refractivity contribution in [2.75, 3.05) is 11.6 Å². The van der Waals surface area contributed by atoms with E-state index in [1.807, 2.05) is 0 Å². The lowest BCUT2D eigenvalue weighted by molar-refractivity contribution is -0.137. The number of hydrogen-bond acceptors (Lipinski definition) is 3. The lowest BCUT2D eigenvalue weighted by atomic mass is 10.2. The number of carbonyl (C=O) groups excluding carboxylic acids is 1. The van der Waals surface area contributed by atoms with Gasteiger partial charge in [0.2, 0.25) is 5.91 Å². The van der Waals surface area contributed by atoms with Crippen molar-refractivity contribution in [3.8, 4) is 0 Å². The standard InChI is InChI=1S/C13H14F3N3O/c1-2-12(20)17-11-6-7-19(18-11)10-5-3-4-9(8-10)13(14,15)16/h3-5,8H,2,6-7H2,1H3,(H,17,18,20). The van der Waals surface area contributed by atoms with Crippen molar-refractivity contribution in [3.05, 3.63) is 29.8 Å². The topological polar surface area (TPSA) is 44.7 Å². The number of rotatable bonds is 2. The van der Waals surface area contributed by atoms with Gasteiger partial charge in [-0.25, -0.2) is 0 Å². The highest BCUT2D eigenvalue weighted by Gasteiger charge is 2.31. The summed E-state index contributed by atoms with van der Waals surface area (Å²) in [5.41, 5.74) is -0.350. The number of alkyl halides is 3. The fourth-order valence-corrected chi connectivity index (χ4v) is 1.82. The highest BCUT2D eigenvalue weighted by Crippen LogP contribution is 2.32. The van der Waals surface area contributed by atoms with Crippen molar-refractivity contribution >= 4 is 17.4 Å². The summed E-state index contributed by atoms with van der Waals surface area (Å²) in [5, 5.41) is 8.20. The summed E-state index contributed by atoms with van der Waals surface area (Å²) in [6.45, 7) is 2.16. The van der Waals surface area contributed by atoms with Gasteiger partial charge >= 0.3 is 6.18 Å². The number of amides is 1. The lowest BCUT2D eigenvalue weighted by Crippen LogP contribution is -2.28. The van der Waals surface area contributed by atoms with Crippen LogP contribution in [-0.4, -0.2) is 18.3 Å². The highest BCUT2D eigenvalue weighted by molar-refractivity contribution is 5.99. The number of nitrogens with zero attached hydrogens (tertiary/aromatic N) is 2. The molecule has 0 fully saturated rings. The molecule has 0 aromatic heterocycles. The molecule has 0 atom stereocenters. The fraction of sp³-hybridized carbons (Fsp3) is 0.385. The molecule has 0 aliphatic carbocycles. The molecule has 4 nitrogen and oxygen atoms in total. The Hall–Kier alpha value is -2.05. The van der Waals surface area contributed by atoms with Gasteiger partial charge in [0.15, 0.2) is 0 Å². The first-order valence-corrected chi connectivity index (χ1v) is 6.22. The molecule has 0 bridgehead atoms. The van der Waals surface area contributed by atoms with Gasteiger partial charge in [0.1, 0.15) is 5.84 Å². The largest absolute Gasteiger partial charge is 0.416 e. The van der Waals surface area contributed by atoms with E-state index in [1.54, 1.807) is 13.0 Å². The first-order valence-electron chi connectivity index (χ1n) is 6.22. The Kier molecular flexibility index (Phi) is 3.96. The van der Waals surface area contributed by atoms with Gasteiger partial charge in [-0.3, -0.25) is 9.80 Å². The molecule has 1 heterocycles. The first kappa shape index (κ1) is 14.4. The van der Waals surface area contributed by atoms with Gasteiger partial charge < -0.3 is 5.32 Å². The zero-order chi connectivity index (χ0) is 14.8. The summed E-state index contributed by atoms with van der Waals surface area (Å²) in [6, 6.07) is 4.97. The Morgan fingerprint density at radius 1 is 1.45 bits per heavy atom. The van der Waals surface area contributed by atoms with Gasteiger partial charge in [-0.15, -0.1) is 0 Å². The Bertz CT molecular complexity index is 540. The van der Waals surface area contributed by atoms with E-state index < -0.39 is 11.7 Å². The quantitative estimate of drug-likeness (QED) is 0.908. The molecule has 1 aromatic rings. The Balaban J connectivity index is 2.15. The van der Waals surface area contributed by atoms with Crippen LogP contribution < -0.4 is 10.3 Å². The smallest absolute Gasteiger partial charge is 0.313 e. The maximum absolute atomic E-state index is 12.6. The molecule has 0 unspecified atom stereocenters. The van der Waals surface area contributed by atoms with Crippen LogP contribution in [0.4, 0.5) is 18.9 Å². The second-order valence-electron chi connectivity index (χ2n) is 4.37. The molecular weight excluding hydrogens is 271 g/mol. The van der Waals surface area contributed by atoms with E-state index in [4.69, 9.17) is 0 Å². The average Bonchev–Trinajstić information content (AvgIpc) is 2.86. The number of halogens is 3. The second kappa shape index (κ2) is 5.52. The zero-order valence-corrected chi connectivity index (χ0v) is 10.9. The average molecular weight is 285 g/mol. The SMILES string of the molecule is CCC(=O)NC1=NN(c2cccc(C(F)(F)F)c2)CC1. The van der Waals surface area contributed by atoms with Gasteiger partial charge in [-0.1, -0.05) is 13.0 Å². The molecule has 0 saturated carbocycles. The normalized spacial score (nSPS) is 15.2. The van der Waals surface area contributed by atoms with Gasteiger partial charge in [0, 0.05) is 19.4 Å². The van der Waals surface area contributed by atoms with Crippen molar-refractivity contribution in [3.63, 3.8) is 0 Å². The van der Waals surface area contributed by atoms with Crippen LogP contribution in [0.15, 0.2) is 29.4 Å². The minimum atomic E-state index is -4.38. The van der Waals surface area contributed by atoms with Crippen molar-refractivity contribution < 1.29 is 18.0 Å². The van der Waals surface area contributed by atoms with Gasteiger partial charge in [0.25, 0.3) is 0 Å². The van der Waals surface area contributed by atoms with Crippen LogP contribution in [0.5, 0.6) is 0 Å². The third-order valence-electron chi connectivity index (χ3n) is 2.88. The molecule has 1 N–H and O–H groups in total. The van der Waals surface area contributed by atoms with Crippen molar-refractivity contribution in [1.29, 1.82) is 0 Å². The maximum atomic E-state index is 12.6. The number of nitrogens with one attached hydrogen (secondary N) is 1. The highest BCUT2D eigenvalue weighted by atomic mass is 19.4. The maximum Gasteiger partial charge on any atom is 0.416 e. The molecule has 0 spiro atoms. The van der Waals surface area contributed by atoms with Gasteiger partial charge in [-0.05, 0) is 18.2 Å². The van der Waals surface area contributed by atoms with Crippen LogP contribution in [0.2, 0.25) is 0 Å². The van der Waals surface area contributed by atoms with E-state index in [0.717, 1.165) is 12.1 Å². The molecule has 0 radical (unpaired) electrons. The number of amidine groups is 1. The van der Waals surface area contributed by atoms with Gasteiger partial charge in [0.05, 0.1) is 11.3 Å². The van der Waals surface area contributed by atoms with Crippen molar-refractivity contribution in [2.45, 2.75) is 25.9 Å². The van der Waals surface area contributed by atoms with Gasteiger partial charge in [-0.2, -0.15) is 18.3 Å². The first-order chi connectivity index (χ1) is 9.40. The number of anilines is 1. The Morgan fingerprint density at radius 3 is 2.85 bits per heavy atom. The Labute approximate surface area is 114 Å². The molecule has 108 valence electrons. The van der Waals surface area contributed by atoms with Crippen LogP contribution in [0.3, 0.4) is 0 Å². The van der Waals surface area contributed by atoms with E-state index in [2.05, 4.69) is 10.4 Å². The number of carbonyl (C=O) groups is 1. The summed E-state index contributed by atoms with van der Waals surface area (Å²) in [7, 11) is 0. The molecule has 1 aliphatic rings. The number of hydrogen-bond donors (Lipinski definition) is 1. The van der Waals surface area contributed by atoms with Crippen LogP contribution in [-0.2, 0) is 11.0 Å². The van der Waals surface area contributed by atoms with Crippen molar-refractivity contribution in [2.24, 2.45) is 5.10 Å². The summed E-state index contributed by atoms with van der Waals surface area (Å²) < 4.78 is 37.9.